The number of hydrogen-bond donors (Lipinski definition) is 1. The Balaban J connectivity index is 1.73. The molecule has 156 valence electrons. The van der Waals surface area contributed by atoms with Gasteiger partial charge in [0.25, 0.3) is 5.91 Å². The lowest BCUT2D eigenvalue weighted by Crippen LogP contribution is -2.48. The third-order valence-corrected chi connectivity index (χ3v) is 5.86. The molecule has 1 spiro atoms. The van der Waals surface area contributed by atoms with Crippen LogP contribution in [0.2, 0.25) is 0 Å². The molecule has 1 aromatic rings. The van der Waals surface area contributed by atoms with Gasteiger partial charge in [-0.3, -0.25) is 19.3 Å². The molecule has 8 heteroatoms. The zero-order valence-electron chi connectivity index (χ0n) is 17.2. The standard InChI is InChI=1S/C21H28N4O4/c1-4-24(5-2)18(27)13-23(3)17(26)14-25-19(28)21(22-20(25)29)12-8-10-15-9-6-7-11-16(15)21/h6-7,9,11H,4-5,8,10,12-14H2,1-3H3,(H,22,29)/t21-/m1/s1. The second kappa shape index (κ2) is 8.23. The van der Waals surface area contributed by atoms with E-state index in [1.165, 1.54) is 11.9 Å². The predicted octanol–water partition coefficient (Wildman–Crippen LogP) is 1.10. The minimum absolute atomic E-state index is 0.0852. The van der Waals surface area contributed by atoms with E-state index >= 15 is 0 Å². The van der Waals surface area contributed by atoms with Crippen LogP contribution in [0.3, 0.4) is 0 Å². The van der Waals surface area contributed by atoms with E-state index in [1.807, 2.05) is 38.1 Å². The molecule has 1 heterocycles. The zero-order valence-corrected chi connectivity index (χ0v) is 17.2. The van der Waals surface area contributed by atoms with Crippen LogP contribution in [0, 0.1) is 0 Å². The van der Waals surface area contributed by atoms with Gasteiger partial charge in [0.05, 0.1) is 6.54 Å². The summed E-state index contributed by atoms with van der Waals surface area (Å²) in [4.78, 5) is 54.6. The first-order valence-corrected chi connectivity index (χ1v) is 10.1. The molecule has 0 saturated carbocycles. The molecule has 3 rings (SSSR count). The van der Waals surface area contributed by atoms with Crippen molar-refractivity contribution in [1.82, 2.24) is 20.0 Å². The minimum Gasteiger partial charge on any atom is -0.342 e. The van der Waals surface area contributed by atoms with Crippen LogP contribution >= 0.6 is 0 Å². The van der Waals surface area contributed by atoms with Crippen LogP contribution in [-0.2, 0) is 26.3 Å². The molecule has 1 N–H and O–H groups in total. The summed E-state index contributed by atoms with van der Waals surface area (Å²) in [5.74, 6) is -1.01. The first-order chi connectivity index (χ1) is 13.8. The number of carbonyl (C=O) groups is 4. The van der Waals surface area contributed by atoms with Crippen molar-refractivity contribution in [3.63, 3.8) is 0 Å². The molecular formula is C21H28N4O4. The molecule has 1 atom stereocenters. The number of rotatable bonds is 6. The van der Waals surface area contributed by atoms with Crippen LogP contribution in [0.25, 0.3) is 0 Å². The summed E-state index contributed by atoms with van der Waals surface area (Å²) < 4.78 is 0. The quantitative estimate of drug-likeness (QED) is 0.724. The average Bonchev–Trinajstić information content (AvgIpc) is 2.94. The van der Waals surface area contributed by atoms with Crippen molar-refractivity contribution in [2.24, 2.45) is 0 Å². The lowest BCUT2D eigenvalue weighted by atomic mass is 9.76. The van der Waals surface area contributed by atoms with Gasteiger partial charge in [-0.2, -0.15) is 0 Å². The number of fused-ring (bicyclic) bond motifs is 2. The number of amides is 5. The van der Waals surface area contributed by atoms with Crippen LogP contribution in [0.15, 0.2) is 24.3 Å². The van der Waals surface area contributed by atoms with Gasteiger partial charge in [-0.15, -0.1) is 0 Å². The van der Waals surface area contributed by atoms with Crippen molar-refractivity contribution in [3.05, 3.63) is 35.4 Å². The summed E-state index contributed by atoms with van der Waals surface area (Å²) in [7, 11) is 1.51. The van der Waals surface area contributed by atoms with Crippen LogP contribution in [-0.4, -0.2) is 71.7 Å². The Morgan fingerprint density at radius 1 is 1.14 bits per heavy atom. The molecule has 2 aliphatic rings. The molecule has 1 aromatic carbocycles. The number of urea groups is 1. The highest BCUT2D eigenvalue weighted by Gasteiger charge is 2.54. The second-order valence-corrected chi connectivity index (χ2v) is 7.55. The number of imide groups is 1. The number of aryl methyl sites for hydroxylation is 1. The molecule has 1 aliphatic carbocycles. The van der Waals surface area contributed by atoms with Gasteiger partial charge in [-0.1, -0.05) is 24.3 Å². The Bertz CT molecular complexity index is 836. The number of likely N-dealkylation sites (N-methyl/N-ethyl adjacent to an activating group) is 2. The molecule has 1 fully saturated rings. The molecule has 0 bridgehead atoms. The maximum absolute atomic E-state index is 13.2. The summed E-state index contributed by atoms with van der Waals surface area (Å²) in [6, 6.07) is 7.04. The van der Waals surface area contributed by atoms with Crippen LogP contribution < -0.4 is 5.32 Å². The van der Waals surface area contributed by atoms with Gasteiger partial charge < -0.3 is 15.1 Å². The summed E-state index contributed by atoms with van der Waals surface area (Å²) in [6.45, 7) is 4.41. The van der Waals surface area contributed by atoms with Crippen molar-refractivity contribution in [2.75, 3.05) is 33.2 Å². The predicted molar refractivity (Wildman–Crippen MR) is 107 cm³/mol. The fourth-order valence-electron chi connectivity index (χ4n) is 4.18. The highest BCUT2D eigenvalue weighted by atomic mass is 16.2. The number of hydrogen-bond acceptors (Lipinski definition) is 4. The summed E-state index contributed by atoms with van der Waals surface area (Å²) >= 11 is 0. The first kappa shape index (κ1) is 20.8. The summed E-state index contributed by atoms with van der Waals surface area (Å²) in [5.41, 5.74) is 0.758. The number of nitrogens with zero attached hydrogens (tertiary/aromatic N) is 3. The maximum atomic E-state index is 13.2. The monoisotopic (exact) mass is 400 g/mol. The maximum Gasteiger partial charge on any atom is 0.325 e. The topological polar surface area (TPSA) is 90.0 Å². The fraction of sp³-hybridized carbons (Fsp3) is 0.524. The highest BCUT2D eigenvalue weighted by Crippen LogP contribution is 2.39. The van der Waals surface area contributed by atoms with Crippen LogP contribution in [0.1, 0.15) is 37.8 Å². The highest BCUT2D eigenvalue weighted by molar-refractivity contribution is 6.09. The molecule has 0 aromatic heterocycles. The zero-order chi connectivity index (χ0) is 21.2. The number of benzene rings is 1. The second-order valence-electron chi connectivity index (χ2n) is 7.55. The van der Waals surface area contributed by atoms with Gasteiger partial charge >= 0.3 is 6.03 Å². The third kappa shape index (κ3) is 3.71. The van der Waals surface area contributed by atoms with E-state index in [-0.39, 0.29) is 19.0 Å². The van der Waals surface area contributed by atoms with Crippen molar-refractivity contribution in [1.29, 1.82) is 0 Å². The molecule has 0 radical (unpaired) electrons. The van der Waals surface area contributed by atoms with E-state index in [4.69, 9.17) is 0 Å². The third-order valence-electron chi connectivity index (χ3n) is 5.86. The van der Waals surface area contributed by atoms with Gasteiger partial charge in [0.1, 0.15) is 12.1 Å². The molecular weight excluding hydrogens is 372 g/mol. The van der Waals surface area contributed by atoms with Crippen molar-refractivity contribution in [2.45, 2.75) is 38.6 Å². The lowest BCUT2D eigenvalue weighted by molar-refractivity contribution is -0.142. The van der Waals surface area contributed by atoms with Crippen molar-refractivity contribution >= 4 is 23.8 Å². The Labute approximate surface area is 170 Å². The van der Waals surface area contributed by atoms with E-state index in [0.717, 1.165) is 28.9 Å². The van der Waals surface area contributed by atoms with E-state index in [1.54, 1.807) is 4.90 Å². The van der Waals surface area contributed by atoms with E-state index in [9.17, 15) is 19.2 Å². The molecule has 5 amide bonds. The minimum atomic E-state index is -1.10. The SMILES string of the molecule is CCN(CC)C(=O)CN(C)C(=O)CN1C(=O)N[C@@]2(CCCc3ccccc32)C1=O. The Morgan fingerprint density at radius 3 is 2.52 bits per heavy atom. The molecule has 8 nitrogen and oxygen atoms in total. The van der Waals surface area contributed by atoms with E-state index < -0.39 is 23.4 Å². The summed E-state index contributed by atoms with van der Waals surface area (Å²) in [6.07, 6.45) is 2.15. The average molecular weight is 400 g/mol. The number of nitrogens with one attached hydrogen (secondary N) is 1. The molecule has 1 saturated heterocycles. The molecule has 29 heavy (non-hydrogen) atoms. The van der Waals surface area contributed by atoms with Crippen molar-refractivity contribution < 1.29 is 19.2 Å². The Morgan fingerprint density at radius 2 is 1.83 bits per heavy atom. The van der Waals surface area contributed by atoms with Gasteiger partial charge in [-0.05, 0) is 44.2 Å². The smallest absolute Gasteiger partial charge is 0.325 e. The summed E-state index contributed by atoms with van der Waals surface area (Å²) in [5, 5.41) is 2.84. The first-order valence-electron chi connectivity index (χ1n) is 10.1. The molecule has 0 unspecified atom stereocenters. The Hall–Kier alpha value is -2.90. The van der Waals surface area contributed by atoms with Crippen LogP contribution in [0.4, 0.5) is 4.79 Å². The normalized spacial score (nSPS) is 20.4. The number of carbonyl (C=O) groups excluding carboxylic acids is 4. The fourth-order valence-corrected chi connectivity index (χ4v) is 4.18. The Kier molecular flexibility index (Phi) is 5.91. The van der Waals surface area contributed by atoms with E-state index in [2.05, 4.69) is 5.32 Å². The van der Waals surface area contributed by atoms with Gasteiger partial charge in [0, 0.05) is 20.1 Å². The van der Waals surface area contributed by atoms with E-state index in [0.29, 0.717) is 19.5 Å². The van der Waals surface area contributed by atoms with Gasteiger partial charge in [0.2, 0.25) is 11.8 Å². The van der Waals surface area contributed by atoms with Gasteiger partial charge in [-0.25, -0.2) is 4.79 Å². The van der Waals surface area contributed by atoms with Crippen molar-refractivity contribution in [3.8, 4) is 0 Å². The lowest BCUT2D eigenvalue weighted by Gasteiger charge is -2.33. The molecule has 1 aliphatic heterocycles. The largest absolute Gasteiger partial charge is 0.342 e. The van der Waals surface area contributed by atoms with Gasteiger partial charge in [0.15, 0.2) is 0 Å². The van der Waals surface area contributed by atoms with Crippen LogP contribution in [0.5, 0.6) is 0 Å².